The van der Waals surface area contributed by atoms with Crippen LogP contribution >= 0.6 is 0 Å². The van der Waals surface area contributed by atoms with Crippen LogP contribution in [0.3, 0.4) is 0 Å². The number of ether oxygens (including phenoxy) is 1. The lowest BCUT2D eigenvalue weighted by Gasteiger charge is -2.19. The highest BCUT2D eigenvalue weighted by Gasteiger charge is 2.32. The van der Waals surface area contributed by atoms with Gasteiger partial charge in [-0.1, -0.05) is 12.1 Å². The van der Waals surface area contributed by atoms with Gasteiger partial charge in [0.2, 0.25) is 5.82 Å². The zero-order chi connectivity index (χ0) is 22.1. The Morgan fingerprint density at radius 2 is 2.00 bits per heavy atom. The first kappa shape index (κ1) is 20.3. The second kappa shape index (κ2) is 8.05. The van der Waals surface area contributed by atoms with Gasteiger partial charge in [0.1, 0.15) is 24.3 Å². The standard InChI is InChI=1S/C21H17F2N5O3/c1-11-8-24-18(27-17(11)12-4-3-5-13(22)6-12)20(29)26-15-10-31-16-7-14(23)9-25-19(16)28(2)21(15)30/h3-9,15H,10H2,1-2H3,(H,26,29)/t15-/m0/s1. The van der Waals surface area contributed by atoms with Gasteiger partial charge in [-0.15, -0.1) is 0 Å². The van der Waals surface area contributed by atoms with E-state index in [2.05, 4.69) is 20.3 Å². The summed E-state index contributed by atoms with van der Waals surface area (Å²) in [5.74, 6) is -2.21. The molecule has 1 atom stereocenters. The minimum Gasteiger partial charge on any atom is -0.487 e. The molecule has 1 N–H and O–H groups in total. The molecule has 2 amide bonds. The Labute approximate surface area is 175 Å². The molecular formula is C21H17F2N5O3. The number of carbonyl (C=O) groups excluding carboxylic acids is 2. The molecule has 3 aromatic rings. The van der Waals surface area contributed by atoms with E-state index >= 15 is 0 Å². The molecule has 158 valence electrons. The maximum absolute atomic E-state index is 13.6. The number of carbonyl (C=O) groups is 2. The fourth-order valence-corrected chi connectivity index (χ4v) is 3.16. The number of halogens is 2. The average molecular weight is 425 g/mol. The molecule has 1 aliphatic rings. The van der Waals surface area contributed by atoms with Crippen LogP contribution in [0.2, 0.25) is 0 Å². The van der Waals surface area contributed by atoms with E-state index in [0.29, 0.717) is 16.8 Å². The smallest absolute Gasteiger partial charge is 0.289 e. The number of nitrogens with zero attached hydrogens (tertiary/aromatic N) is 4. The number of aromatic nitrogens is 3. The summed E-state index contributed by atoms with van der Waals surface area (Å²) in [4.78, 5) is 38.8. The van der Waals surface area contributed by atoms with Gasteiger partial charge in [-0.25, -0.2) is 23.7 Å². The number of aryl methyl sites for hydroxylation is 1. The van der Waals surface area contributed by atoms with Crippen molar-refractivity contribution in [1.29, 1.82) is 0 Å². The van der Waals surface area contributed by atoms with Crippen molar-refractivity contribution in [2.45, 2.75) is 13.0 Å². The number of nitrogens with one attached hydrogen (secondary N) is 1. The third kappa shape index (κ3) is 4.04. The van der Waals surface area contributed by atoms with Gasteiger partial charge in [0.15, 0.2) is 11.6 Å². The van der Waals surface area contributed by atoms with Crippen LogP contribution in [0.4, 0.5) is 14.6 Å². The van der Waals surface area contributed by atoms with Gasteiger partial charge in [0, 0.05) is 24.9 Å². The second-order valence-electron chi connectivity index (χ2n) is 6.95. The Kier molecular flexibility index (Phi) is 5.28. The van der Waals surface area contributed by atoms with Crippen LogP contribution in [0.5, 0.6) is 5.75 Å². The largest absolute Gasteiger partial charge is 0.487 e. The van der Waals surface area contributed by atoms with Crippen LogP contribution in [0.25, 0.3) is 11.3 Å². The molecule has 0 fully saturated rings. The molecule has 1 aliphatic heterocycles. The quantitative estimate of drug-likeness (QED) is 0.692. The van der Waals surface area contributed by atoms with Crippen molar-refractivity contribution in [1.82, 2.24) is 20.3 Å². The Bertz CT molecular complexity index is 1190. The highest BCUT2D eigenvalue weighted by atomic mass is 19.1. The third-order valence-electron chi connectivity index (χ3n) is 4.73. The summed E-state index contributed by atoms with van der Waals surface area (Å²) in [6.07, 6.45) is 2.42. The number of fused-ring (bicyclic) bond motifs is 1. The maximum Gasteiger partial charge on any atom is 0.289 e. The topological polar surface area (TPSA) is 97.3 Å². The molecule has 0 unspecified atom stereocenters. The lowest BCUT2D eigenvalue weighted by molar-refractivity contribution is -0.120. The fraction of sp³-hybridized carbons (Fsp3) is 0.190. The first-order valence-electron chi connectivity index (χ1n) is 9.30. The molecule has 8 nitrogen and oxygen atoms in total. The molecule has 10 heteroatoms. The Hall–Kier alpha value is -3.95. The van der Waals surface area contributed by atoms with E-state index in [0.717, 1.165) is 12.3 Å². The lowest BCUT2D eigenvalue weighted by atomic mass is 10.1. The summed E-state index contributed by atoms with van der Waals surface area (Å²) in [6.45, 7) is 1.51. The van der Waals surface area contributed by atoms with E-state index in [9.17, 15) is 18.4 Å². The highest BCUT2D eigenvalue weighted by Crippen LogP contribution is 2.28. The first-order valence-corrected chi connectivity index (χ1v) is 9.30. The Balaban J connectivity index is 1.57. The SMILES string of the molecule is Cc1cnc(C(=O)N[C@H]2COc3cc(F)cnc3N(C)C2=O)nc1-c1cccc(F)c1. The Morgan fingerprint density at radius 1 is 1.19 bits per heavy atom. The van der Waals surface area contributed by atoms with Gasteiger partial charge in [-0.2, -0.15) is 0 Å². The second-order valence-corrected chi connectivity index (χ2v) is 6.95. The molecule has 2 aromatic heterocycles. The number of hydrogen-bond acceptors (Lipinski definition) is 6. The van der Waals surface area contributed by atoms with Crippen LogP contribution in [0.1, 0.15) is 16.2 Å². The molecule has 0 aliphatic carbocycles. The monoisotopic (exact) mass is 425 g/mol. The number of pyridine rings is 1. The maximum atomic E-state index is 13.6. The molecule has 0 saturated carbocycles. The fourth-order valence-electron chi connectivity index (χ4n) is 3.16. The molecule has 31 heavy (non-hydrogen) atoms. The molecule has 0 radical (unpaired) electrons. The predicted octanol–water partition coefficient (Wildman–Crippen LogP) is 2.28. The summed E-state index contributed by atoms with van der Waals surface area (Å²) >= 11 is 0. The van der Waals surface area contributed by atoms with Crippen LogP contribution in [-0.2, 0) is 4.79 Å². The van der Waals surface area contributed by atoms with Crippen molar-refractivity contribution in [3.05, 3.63) is 65.7 Å². The Morgan fingerprint density at radius 3 is 2.77 bits per heavy atom. The van der Waals surface area contributed by atoms with Gasteiger partial charge in [0.25, 0.3) is 11.8 Å². The van der Waals surface area contributed by atoms with E-state index < -0.39 is 29.5 Å². The van der Waals surface area contributed by atoms with Crippen molar-refractivity contribution >= 4 is 17.6 Å². The zero-order valence-corrected chi connectivity index (χ0v) is 16.6. The third-order valence-corrected chi connectivity index (χ3v) is 4.73. The zero-order valence-electron chi connectivity index (χ0n) is 16.6. The summed E-state index contributed by atoms with van der Waals surface area (Å²) in [7, 11) is 1.45. The number of hydrogen-bond donors (Lipinski definition) is 1. The van der Waals surface area contributed by atoms with Crippen LogP contribution in [0.15, 0.2) is 42.7 Å². The normalized spacial score (nSPS) is 15.7. The predicted molar refractivity (Wildman–Crippen MR) is 107 cm³/mol. The first-order chi connectivity index (χ1) is 14.8. The summed E-state index contributed by atoms with van der Waals surface area (Å²) in [6, 6.07) is 5.86. The van der Waals surface area contributed by atoms with E-state index in [1.54, 1.807) is 13.0 Å². The van der Waals surface area contributed by atoms with Gasteiger partial charge in [-0.05, 0) is 24.6 Å². The van der Waals surface area contributed by atoms with E-state index in [4.69, 9.17) is 4.74 Å². The number of amides is 2. The van der Waals surface area contributed by atoms with Crippen molar-refractivity contribution in [2.24, 2.45) is 0 Å². The van der Waals surface area contributed by atoms with Gasteiger partial charge >= 0.3 is 0 Å². The number of rotatable bonds is 3. The van der Waals surface area contributed by atoms with Crippen LogP contribution < -0.4 is 15.0 Å². The molecule has 0 saturated heterocycles. The van der Waals surface area contributed by atoms with Crippen LogP contribution in [0, 0.1) is 18.6 Å². The molecule has 3 heterocycles. The van der Waals surface area contributed by atoms with E-state index in [1.165, 1.54) is 36.3 Å². The molecule has 1 aromatic carbocycles. The average Bonchev–Trinajstić information content (AvgIpc) is 2.86. The highest BCUT2D eigenvalue weighted by molar-refractivity contribution is 6.01. The van der Waals surface area contributed by atoms with Gasteiger partial charge in [0.05, 0.1) is 11.9 Å². The molecule has 4 rings (SSSR count). The molecule has 0 spiro atoms. The molecule has 0 bridgehead atoms. The molecular weight excluding hydrogens is 408 g/mol. The van der Waals surface area contributed by atoms with E-state index in [1.807, 2.05) is 0 Å². The number of likely N-dealkylation sites (N-methyl/N-ethyl adjacent to an activating group) is 1. The minimum absolute atomic E-state index is 0.0903. The van der Waals surface area contributed by atoms with Crippen molar-refractivity contribution < 1.29 is 23.1 Å². The lowest BCUT2D eigenvalue weighted by Crippen LogP contribution is -2.49. The van der Waals surface area contributed by atoms with Crippen molar-refractivity contribution in [3.8, 4) is 17.0 Å². The van der Waals surface area contributed by atoms with Crippen molar-refractivity contribution in [2.75, 3.05) is 18.6 Å². The summed E-state index contributed by atoms with van der Waals surface area (Å²) < 4.78 is 32.5. The van der Waals surface area contributed by atoms with Gasteiger partial charge in [-0.3, -0.25) is 14.5 Å². The number of anilines is 1. The summed E-state index contributed by atoms with van der Waals surface area (Å²) in [5, 5.41) is 2.54. The summed E-state index contributed by atoms with van der Waals surface area (Å²) in [5.41, 5.74) is 1.54. The number of benzene rings is 1. The van der Waals surface area contributed by atoms with E-state index in [-0.39, 0.29) is 24.0 Å². The van der Waals surface area contributed by atoms with Gasteiger partial charge < -0.3 is 10.1 Å². The minimum atomic E-state index is -1.07. The van der Waals surface area contributed by atoms with Crippen molar-refractivity contribution in [3.63, 3.8) is 0 Å². The van der Waals surface area contributed by atoms with Crippen LogP contribution in [-0.4, -0.2) is 46.5 Å².